The highest BCUT2D eigenvalue weighted by Gasteiger charge is 2.14. The van der Waals surface area contributed by atoms with Gasteiger partial charge in [0.05, 0.1) is 34.1 Å². The number of aromatic nitrogens is 2. The zero-order valence-electron chi connectivity index (χ0n) is 11.0. The number of hydrogen-bond donors (Lipinski definition) is 1. The molecule has 0 saturated heterocycles. The molecular weight excluding hydrogens is 285 g/mol. The predicted molar refractivity (Wildman–Crippen MR) is 78.3 cm³/mol. The van der Waals surface area contributed by atoms with Crippen molar-refractivity contribution in [2.75, 3.05) is 12.4 Å². The summed E-state index contributed by atoms with van der Waals surface area (Å²) in [6, 6.07) is 5.40. The van der Waals surface area contributed by atoms with Gasteiger partial charge in [-0.25, -0.2) is 4.68 Å². The molecule has 0 bridgehead atoms. The average molecular weight is 300 g/mol. The largest absolute Gasteiger partial charge is 0.481 e. The molecule has 2 aromatic rings. The fourth-order valence-electron chi connectivity index (χ4n) is 1.98. The minimum absolute atomic E-state index is 0.548. The monoisotopic (exact) mass is 299 g/mol. The van der Waals surface area contributed by atoms with Gasteiger partial charge >= 0.3 is 0 Å². The van der Waals surface area contributed by atoms with Gasteiger partial charge in [0, 0.05) is 13.6 Å². The van der Waals surface area contributed by atoms with E-state index in [2.05, 4.69) is 10.4 Å². The van der Waals surface area contributed by atoms with Crippen LogP contribution in [0.5, 0.6) is 5.88 Å². The van der Waals surface area contributed by atoms with Gasteiger partial charge in [-0.15, -0.1) is 0 Å². The van der Waals surface area contributed by atoms with Crippen LogP contribution in [0.15, 0.2) is 18.2 Å². The number of nitrogens with one attached hydrogen (secondary N) is 1. The number of benzene rings is 1. The number of nitrogens with zero attached hydrogens (tertiary/aromatic N) is 2. The minimum atomic E-state index is 0.548. The third-order valence-electron chi connectivity index (χ3n) is 2.89. The van der Waals surface area contributed by atoms with Crippen molar-refractivity contribution in [1.29, 1.82) is 0 Å². The van der Waals surface area contributed by atoms with Crippen molar-refractivity contribution in [1.82, 2.24) is 9.78 Å². The van der Waals surface area contributed by atoms with Crippen LogP contribution in [0.25, 0.3) is 0 Å². The van der Waals surface area contributed by atoms with E-state index < -0.39 is 0 Å². The molecule has 0 fully saturated rings. The molecule has 6 heteroatoms. The normalized spacial score (nSPS) is 10.6. The van der Waals surface area contributed by atoms with Crippen molar-refractivity contribution in [3.05, 3.63) is 39.5 Å². The van der Waals surface area contributed by atoms with Crippen LogP contribution in [0.3, 0.4) is 0 Å². The third kappa shape index (κ3) is 2.80. The van der Waals surface area contributed by atoms with Gasteiger partial charge in [0.15, 0.2) is 0 Å². The Bertz CT molecular complexity index is 576. The molecular formula is C13H15Cl2N3O. The first-order valence-corrected chi connectivity index (χ1v) is 6.54. The minimum Gasteiger partial charge on any atom is -0.481 e. The third-order valence-corrected chi connectivity index (χ3v) is 3.52. The Morgan fingerprint density at radius 1 is 1.32 bits per heavy atom. The number of anilines is 1. The Balaban J connectivity index is 2.24. The second-order valence-corrected chi connectivity index (χ2v) is 4.96. The molecule has 0 unspecified atom stereocenters. The first kappa shape index (κ1) is 14.0. The van der Waals surface area contributed by atoms with Crippen LogP contribution in [-0.4, -0.2) is 16.9 Å². The second-order valence-electron chi connectivity index (χ2n) is 4.15. The van der Waals surface area contributed by atoms with Crippen molar-refractivity contribution in [2.24, 2.45) is 7.05 Å². The molecule has 2 rings (SSSR count). The molecule has 102 valence electrons. The van der Waals surface area contributed by atoms with Crippen LogP contribution in [0.2, 0.25) is 10.0 Å². The summed E-state index contributed by atoms with van der Waals surface area (Å²) in [6.45, 7) is 2.49. The van der Waals surface area contributed by atoms with E-state index in [1.807, 2.05) is 20.0 Å². The highest BCUT2D eigenvalue weighted by molar-refractivity contribution is 6.39. The van der Waals surface area contributed by atoms with E-state index in [1.54, 1.807) is 23.9 Å². The molecule has 0 aliphatic carbocycles. The summed E-state index contributed by atoms with van der Waals surface area (Å²) in [5, 5.41) is 8.74. The fourth-order valence-corrected chi connectivity index (χ4v) is 2.51. The van der Waals surface area contributed by atoms with E-state index in [-0.39, 0.29) is 0 Å². The SMILES string of the molecule is COc1c(CNc2c(Cl)cccc2Cl)c(C)nn1C. The topological polar surface area (TPSA) is 39.1 Å². The number of aryl methyl sites for hydroxylation is 2. The van der Waals surface area contributed by atoms with E-state index >= 15 is 0 Å². The molecule has 1 N–H and O–H groups in total. The van der Waals surface area contributed by atoms with Crippen LogP contribution in [0.4, 0.5) is 5.69 Å². The smallest absolute Gasteiger partial charge is 0.216 e. The molecule has 1 aromatic heterocycles. The molecule has 19 heavy (non-hydrogen) atoms. The van der Waals surface area contributed by atoms with E-state index in [9.17, 15) is 0 Å². The number of halogens is 2. The van der Waals surface area contributed by atoms with Crippen molar-refractivity contribution >= 4 is 28.9 Å². The quantitative estimate of drug-likeness (QED) is 0.936. The highest BCUT2D eigenvalue weighted by atomic mass is 35.5. The first-order valence-electron chi connectivity index (χ1n) is 5.79. The van der Waals surface area contributed by atoms with Gasteiger partial charge in [-0.3, -0.25) is 0 Å². The summed E-state index contributed by atoms with van der Waals surface area (Å²) < 4.78 is 7.05. The Kier molecular flexibility index (Phi) is 4.22. The summed E-state index contributed by atoms with van der Waals surface area (Å²) >= 11 is 12.2. The molecule has 0 aliphatic rings. The lowest BCUT2D eigenvalue weighted by Crippen LogP contribution is -2.03. The fraction of sp³-hybridized carbons (Fsp3) is 0.308. The number of hydrogen-bond acceptors (Lipinski definition) is 3. The lowest BCUT2D eigenvalue weighted by atomic mass is 10.2. The average Bonchev–Trinajstić information content (AvgIpc) is 2.63. The van der Waals surface area contributed by atoms with E-state index in [0.29, 0.717) is 16.6 Å². The first-order chi connectivity index (χ1) is 9.04. The Morgan fingerprint density at radius 2 is 1.95 bits per heavy atom. The predicted octanol–water partition coefficient (Wildman–Crippen LogP) is 3.66. The molecule has 0 radical (unpaired) electrons. The van der Waals surface area contributed by atoms with Crippen molar-refractivity contribution < 1.29 is 4.74 Å². The molecule has 0 amide bonds. The Morgan fingerprint density at radius 3 is 2.53 bits per heavy atom. The van der Waals surface area contributed by atoms with Gasteiger partial charge < -0.3 is 10.1 Å². The Labute approximate surface area is 122 Å². The second kappa shape index (κ2) is 5.72. The molecule has 4 nitrogen and oxygen atoms in total. The van der Waals surface area contributed by atoms with Gasteiger partial charge in [-0.2, -0.15) is 5.10 Å². The van der Waals surface area contributed by atoms with Crippen molar-refractivity contribution in [3.63, 3.8) is 0 Å². The molecule has 0 saturated carbocycles. The van der Waals surface area contributed by atoms with Crippen LogP contribution in [-0.2, 0) is 13.6 Å². The number of ether oxygens (including phenoxy) is 1. The number of methoxy groups -OCH3 is 1. The summed E-state index contributed by atoms with van der Waals surface area (Å²) in [7, 11) is 3.47. The molecule has 1 aromatic carbocycles. The van der Waals surface area contributed by atoms with Crippen molar-refractivity contribution in [3.8, 4) is 5.88 Å². The van der Waals surface area contributed by atoms with Crippen molar-refractivity contribution in [2.45, 2.75) is 13.5 Å². The maximum atomic E-state index is 6.12. The van der Waals surface area contributed by atoms with Gasteiger partial charge in [0.1, 0.15) is 0 Å². The number of rotatable bonds is 4. The zero-order chi connectivity index (χ0) is 14.0. The van der Waals surface area contributed by atoms with E-state index in [1.165, 1.54) is 0 Å². The zero-order valence-corrected chi connectivity index (χ0v) is 12.5. The molecule has 0 aliphatic heterocycles. The summed E-state index contributed by atoms with van der Waals surface area (Å²) in [4.78, 5) is 0. The maximum Gasteiger partial charge on any atom is 0.216 e. The van der Waals surface area contributed by atoms with Gasteiger partial charge in [0.25, 0.3) is 0 Å². The van der Waals surface area contributed by atoms with E-state index in [0.717, 1.165) is 22.8 Å². The highest BCUT2D eigenvalue weighted by Crippen LogP contribution is 2.31. The number of para-hydroxylation sites is 1. The molecule has 0 atom stereocenters. The Hall–Kier alpha value is -1.39. The van der Waals surface area contributed by atoms with Crippen LogP contribution < -0.4 is 10.1 Å². The summed E-state index contributed by atoms with van der Waals surface area (Å²) in [5.74, 6) is 0.730. The summed E-state index contributed by atoms with van der Waals surface area (Å²) in [5.41, 5.74) is 2.62. The summed E-state index contributed by atoms with van der Waals surface area (Å²) in [6.07, 6.45) is 0. The van der Waals surface area contributed by atoms with Crippen LogP contribution in [0, 0.1) is 6.92 Å². The van der Waals surface area contributed by atoms with Gasteiger partial charge in [-0.1, -0.05) is 29.3 Å². The van der Waals surface area contributed by atoms with Crippen LogP contribution in [0.1, 0.15) is 11.3 Å². The maximum absolute atomic E-state index is 6.12. The van der Waals surface area contributed by atoms with Crippen LogP contribution >= 0.6 is 23.2 Å². The van der Waals surface area contributed by atoms with E-state index in [4.69, 9.17) is 27.9 Å². The molecule has 0 spiro atoms. The van der Waals surface area contributed by atoms with Gasteiger partial charge in [0.2, 0.25) is 5.88 Å². The molecule has 1 heterocycles. The standard InChI is InChI=1S/C13H15Cl2N3O/c1-8-9(13(19-3)18(2)17-8)7-16-12-10(14)5-4-6-11(12)15/h4-6,16H,7H2,1-3H3. The lowest BCUT2D eigenvalue weighted by molar-refractivity contribution is 0.370. The van der Waals surface area contributed by atoms with Gasteiger partial charge in [-0.05, 0) is 19.1 Å². The lowest BCUT2D eigenvalue weighted by Gasteiger charge is -2.11.